The van der Waals surface area contributed by atoms with Gasteiger partial charge in [-0.05, 0) is 46.6 Å². The molecule has 1 saturated carbocycles. The SMILES string of the molecule is CCOC(CN(C)C(C)C1CC1)OCC. The average Bonchev–Trinajstić information content (AvgIpc) is 3.00. The number of likely N-dealkylation sites (N-methyl/N-ethyl adjacent to an activating group) is 1. The molecule has 1 aliphatic carbocycles. The molecule has 0 radical (unpaired) electrons. The van der Waals surface area contributed by atoms with Gasteiger partial charge in [-0.2, -0.15) is 0 Å². The third kappa shape index (κ3) is 4.49. The van der Waals surface area contributed by atoms with Gasteiger partial charge < -0.3 is 9.47 Å². The van der Waals surface area contributed by atoms with Crippen LogP contribution in [0.3, 0.4) is 0 Å². The second-order valence-corrected chi connectivity index (χ2v) is 4.36. The number of rotatable bonds is 8. The highest BCUT2D eigenvalue weighted by atomic mass is 16.7. The second-order valence-electron chi connectivity index (χ2n) is 4.36. The van der Waals surface area contributed by atoms with E-state index in [2.05, 4.69) is 18.9 Å². The molecule has 90 valence electrons. The van der Waals surface area contributed by atoms with Gasteiger partial charge in [0.15, 0.2) is 6.29 Å². The lowest BCUT2D eigenvalue weighted by molar-refractivity contribution is -0.148. The number of ether oxygens (including phenoxy) is 2. The molecule has 0 heterocycles. The summed E-state index contributed by atoms with van der Waals surface area (Å²) in [5.41, 5.74) is 0. The van der Waals surface area contributed by atoms with E-state index in [4.69, 9.17) is 9.47 Å². The highest BCUT2D eigenvalue weighted by Crippen LogP contribution is 2.34. The lowest BCUT2D eigenvalue weighted by Gasteiger charge is -2.28. The molecule has 3 nitrogen and oxygen atoms in total. The van der Waals surface area contributed by atoms with Crippen LogP contribution in [0.4, 0.5) is 0 Å². The molecule has 0 N–H and O–H groups in total. The van der Waals surface area contributed by atoms with Crippen molar-refractivity contribution in [1.82, 2.24) is 4.90 Å². The van der Waals surface area contributed by atoms with E-state index in [9.17, 15) is 0 Å². The van der Waals surface area contributed by atoms with Crippen LogP contribution in [0.15, 0.2) is 0 Å². The van der Waals surface area contributed by atoms with E-state index < -0.39 is 0 Å². The highest BCUT2D eigenvalue weighted by Gasteiger charge is 2.31. The molecule has 0 aromatic heterocycles. The lowest BCUT2D eigenvalue weighted by Crippen LogP contribution is -2.39. The van der Waals surface area contributed by atoms with Gasteiger partial charge in [-0.1, -0.05) is 0 Å². The summed E-state index contributed by atoms with van der Waals surface area (Å²) in [4.78, 5) is 2.35. The standard InChI is InChI=1S/C12H25NO2/c1-5-14-12(15-6-2)9-13(4)10(3)11-7-8-11/h10-12H,5-9H2,1-4H3. The first kappa shape index (κ1) is 12.9. The molecule has 0 amide bonds. The van der Waals surface area contributed by atoms with Gasteiger partial charge in [0.1, 0.15) is 0 Å². The Hall–Kier alpha value is -0.120. The lowest BCUT2D eigenvalue weighted by atomic mass is 10.2. The van der Waals surface area contributed by atoms with Crippen molar-refractivity contribution in [2.45, 2.75) is 45.9 Å². The topological polar surface area (TPSA) is 21.7 Å². The minimum absolute atomic E-state index is 0.0637. The summed E-state index contributed by atoms with van der Waals surface area (Å²) in [5.74, 6) is 0.902. The molecule has 0 bridgehead atoms. The molecule has 3 heteroatoms. The zero-order chi connectivity index (χ0) is 11.3. The van der Waals surface area contributed by atoms with E-state index in [0.29, 0.717) is 6.04 Å². The summed E-state index contributed by atoms with van der Waals surface area (Å²) in [6, 6.07) is 0.661. The van der Waals surface area contributed by atoms with E-state index in [1.807, 2.05) is 13.8 Å². The van der Waals surface area contributed by atoms with E-state index in [-0.39, 0.29) is 6.29 Å². The third-order valence-corrected chi connectivity index (χ3v) is 3.14. The van der Waals surface area contributed by atoms with Gasteiger partial charge in [0, 0.05) is 25.8 Å². The molecule has 0 aromatic carbocycles. The maximum Gasteiger partial charge on any atom is 0.170 e. The Morgan fingerprint density at radius 1 is 1.20 bits per heavy atom. The van der Waals surface area contributed by atoms with E-state index >= 15 is 0 Å². The number of nitrogens with zero attached hydrogens (tertiary/aromatic N) is 1. The Morgan fingerprint density at radius 2 is 1.73 bits per heavy atom. The molecule has 1 unspecified atom stereocenters. The summed E-state index contributed by atoms with van der Waals surface area (Å²) in [7, 11) is 2.16. The van der Waals surface area contributed by atoms with Crippen LogP contribution in [-0.4, -0.2) is 44.0 Å². The molecule has 0 spiro atoms. The van der Waals surface area contributed by atoms with Gasteiger partial charge in [-0.15, -0.1) is 0 Å². The number of hydrogen-bond acceptors (Lipinski definition) is 3. The predicted octanol–water partition coefficient (Wildman–Crippen LogP) is 2.12. The van der Waals surface area contributed by atoms with Crippen LogP contribution in [-0.2, 0) is 9.47 Å². The zero-order valence-corrected chi connectivity index (χ0v) is 10.5. The van der Waals surface area contributed by atoms with Crippen molar-refractivity contribution in [1.29, 1.82) is 0 Å². The molecular formula is C12H25NO2. The molecule has 1 fully saturated rings. The first-order valence-electron chi connectivity index (χ1n) is 6.12. The maximum absolute atomic E-state index is 5.54. The van der Waals surface area contributed by atoms with Crippen molar-refractivity contribution in [3.63, 3.8) is 0 Å². The van der Waals surface area contributed by atoms with E-state index in [0.717, 1.165) is 25.7 Å². The summed E-state index contributed by atoms with van der Waals surface area (Å²) < 4.78 is 11.1. The van der Waals surface area contributed by atoms with E-state index in [1.54, 1.807) is 0 Å². The van der Waals surface area contributed by atoms with Crippen LogP contribution >= 0.6 is 0 Å². The Kier molecular flexibility index (Phi) is 5.58. The van der Waals surface area contributed by atoms with Crippen LogP contribution in [0.2, 0.25) is 0 Å². The van der Waals surface area contributed by atoms with Gasteiger partial charge in [0.2, 0.25) is 0 Å². The van der Waals surface area contributed by atoms with Gasteiger partial charge in [0.25, 0.3) is 0 Å². The zero-order valence-electron chi connectivity index (χ0n) is 10.5. The van der Waals surface area contributed by atoms with Crippen LogP contribution in [0.1, 0.15) is 33.6 Å². The monoisotopic (exact) mass is 215 g/mol. The molecule has 15 heavy (non-hydrogen) atoms. The molecule has 1 atom stereocenters. The summed E-state index contributed by atoms with van der Waals surface area (Å²) in [5, 5.41) is 0. The van der Waals surface area contributed by atoms with Crippen LogP contribution in [0.25, 0.3) is 0 Å². The first-order chi connectivity index (χ1) is 7.19. The van der Waals surface area contributed by atoms with Gasteiger partial charge in [-0.25, -0.2) is 0 Å². The average molecular weight is 215 g/mol. The molecule has 0 saturated heterocycles. The summed E-state index contributed by atoms with van der Waals surface area (Å²) in [6.45, 7) is 8.63. The van der Waals surface area contributed by atoms with Crippen molar-refractivity contribution >= 4 is 0 Å². The van der Waals surface area contributed by atoms with Crippen LogP contribution in [0.5, 0.6) is 0 Å². The van der Waals surface area contributed by atoms with Gasteiger partial charge in [-0.3, -0.25) is 4.90 Å². The Morgan fingerprint density at radius 3 is 2.13 bits per heavy atom. The minimum atomic E-state index is -0.0637. The van der Waals surface area contributed by atoms with Crippen molar-refractivity contribution in [3.05, 3.63) is 0 Å². The normalized spacial score (nSPS) is 18.8. The Balaban J connectivity index is 2.27. The smallest absolute Gasteiger partial charge is 0.170 e. The van der Waals surface area contributed by atoms with Gasteiger partial charge in [0.05, 0.1) is 0 Å². The molecule has 1 aliphatic rings. The minimum Gasteiger partial charge on any atom is -0.352 e. The quantitative estimate of drug-likeness (QED) is 0.579. The van der Waals surface area contributed by atoms with Crippen molar-refractivity contribution in [2.24, 2.45) is 5.92 Å². The molecule has 0 aromatic rings. The summed E-state index contributed by atoms with van der Waals surface area (Å²) >= 11 is 0. The fraction of sp³-hybridized carbons (Fsp3) is 1.00. The van der Waals surface area contributed by atoms with Crippen LogP contribution < -0.4 is 0 Å². The maximum atomic E-state index is 5.54. The molecule has 0 aliphatic heterocycles. The van der Waals surface area contributed by atoms with Crippen molar-refractivity contribution in [3.8, 4) is 0 Å². The fourth-order valence-corrected chi connectivity index (χ4v) is 1.87. The molecular weight excluding hydrogens is 190 g/mol. The number of hydrogen-bond donors (Lipinski definition) is 0. The predicted molar refractivity (Wildman–Crippen MR) is 61.9 cm³/mol. The van der Waals surface area contributed by atoms with Crippen molar-refractivity contribution < 1.29 is 9.47 Å². The molecule has 1 rings (SSSR count). The largest absolute Gasteiger partial charge is 0.352 e. The Labute approximate surface area is 93.7 Å². The van der Waals surface area contributed by atoms with E-state index in [1.165, 1.54) is 12.8 Å². The third-order valence-electron chi connectivity index (χ3n) is 3.14. The highest BCUT2D eigenvalue weighted by molar-refractivity contribution is 4.84. The fourth-order valence-electron chi connectivity index (χ4n) is 1.87. The summed E-state index contributed by atoms with van der Waals surface area (Å²) in [6.07, 6.45) is 2.71. The van der Waals surface area contributed by atoms with Gasteiger partial charge >= 0.3 is 0 Å². The van der Waals surface area contributed by atoms with Crippen LogP contribution in [0, 0.1) is 5.92 Å². The van der Waals surface area contributed by atoms with Crippen molar-refractivity contribution in [2.75, 3.05) is 26.8 Å². The Bertz CT molecular complexity index is 165. The second kappa shape index (κ2) is 6.46. The first-order valence-corrected chi connectivity index (χ1v) is 6.12.